The molecule has 1 fully saturated rings. The molecule has 0 bridgehead atoms. The van der Waals surface area contributed by atoms with Crippen molar-refractivity contribution in [1.82, 2.24) is 10.2 Å². The highest BCUT2D eigenvalue weighted by Crippen LogP contribution is 2.08. The van der Waals surface area contributed by atoms with E-state index >= 15 is 0 Å². The van der Waals surface area contributed by atoms with E-state index in [0.717, 1.165) is 24.9 Å². The third-order valence-electron chi connectivity index (χ3n) is 3.70. The fourth-order valence-corrected chi connectivity index (χ4v) is 2.48. The second-order valence-corrected chi connectivity index (χ2v) is 5.43. The minimum Gasteiger partial charge on any atom is -0.353 e. The molecule has 1 aliphatic rings. The number of hydrogen-bond donors (Lipinski definition) is 1. The van der Waals surface area contributed by atoms with Gasteiger partial charge in [0.1, 0.15) is 5.82 Å². The van der Waals surface area contributed by atoms with Gasteiger partial charge in [0, 0.05) is 12.6 Å². The number of nitrogens with zero attached hydrogens (tertiary/aromatic N) is 1. The number of amides is 1. The Morgan fingerprint density at radius 3 is 2.62 bits per heavy atom. The Morgan fingerprint density at radius 2 is 1.90 bits per heavy atom. The molecule has 1 aromatic carbocycles. The highest BCUT2D eigenvalue weighted by molar-refractivity contribution is 5.91. The van der Waals surface area contributed by atoms with Crippen LogP contribution in [-0.4, -0.2) is 37.0 Å². The van der Waals surface area contributed by atoms with Crippen LogP contribution in [0, 0.1) is 5.82 Å². The van der Waals surface area contributed by atoms with E-state index in [1.807, 2.05) is 0 Å². The first-order chi connectivity index (χ1) is 10.2. The molecule has 114 valence electrons. The van der Waals surface area contributed by atoms with Gasteiger partial charge in [-0.25, -0.2) is 4.39 Å². The van der Waals surface area contributed by atoms with Crippen LogP contribution < -0.4 is 5.32 Å². The van der Waals surface area contributed by atoms with E-state index in [1.165, 1.54) is 44.1 Å². The van der Waals surface area contributed by atoms with E-state index in [9.17, 15) is 9.18 Å². The number of benzene rings is 1. The minimum absolute atomic E-state index is 0.0968. The maximum atomic E-state index is 12.7. The van der Waals surface area contributed by atoms with Crippen molar-refractivity contribution in [3.05, 3.63) is 41.7 Å². The summed E-state index contributed by atoms with van der Waals surface area (Å²) < 4.78 is 12.7. The second kappa shape index (κ2) is 8.57. The fraction of sp³-hybridized carbons (Fsp3) is 0.471. The van der Waals surface area contributed by atoms with E-state index in [2.05, 4.69) is 10.2 Å². The zero-order valence-corrected chi connectivity index (χ0v) is 12.4. The number of carbonyl (C=O) groups is 1. The first kappa shape index (κ1) is 15.7. The van der Waals surface area contributed by atoms with Gasteiger partial charge in [-0.1, -0.05) is 12.1 Å². The highest BCUT2D eigenvalue weighted by Gasteiger charge is 2.09. The quantitative estimate of drug-likeness (QED) is 0.618. The predicted octanol–water partition coefficient (Wildman–Crippen LogP) is 2.83. The molecule has 0 atom stereocenters. The van der Waals surface area contributed by atoms with Gasteiger partial charge in [-0.3, -0.25) is 4.79 Å². The average Bonchev–Trinajstić information content (AvgIpc) is 2.99. The predicted molar refractivity (Wildman–Crippen MR) is 83.4 cm³/mol. The molecule has 1 saturated heterocycles. The van der Waals surface area contributed by atoms with Crippen molar-refractivity contribution in [2.45, 2.75) is 25.7 Å². The lowest BCUT2D eigenvalue weighted by Crippen LogP contribution is -2.24. The molecular formula is C17H23FN2O. The topological polar surface area (TPSA) is 32.3 Å². The van der Waals surface area contributed by atoms with E-state index in [1.54, 1.807) is 18.2 Å². The third-order valence-corrected chi connectivity index (χ3v) is 3.70. The Labute approximate surface area is 125 Å². The summed E-state index contributed by atoms with van der Waals surface area (Å²) in [6.07, 6.45) is 7.97. The molecule has 0 radical (unpaired) electrons. The second-order valence-electron chi connectivity index (χ2n) is 5.43. The van der Waals surface area contributed by atoms with Crippen LogP contribution in [0.4, 0.5) is 4.39 Å². The normalized spacial score (nSPS) is 15.7. The summed E-state index contributed by atoms with van der Waals surface area (Å²) in [6.45, 7) is 4.31. The summed E-state index contributed by atoms with van der Waals surface area (Å²) >= 11 is 0. The van der Waals surface area contributed by atoms with Crippen LogP contribution in [0.15, 0.2) is 30.3 Å². The highest BCUT2D eigenvalue weighted by atomic mass is 19.1. The molecule has 0 saturated carbocycles. The van der Waals surface area contributed by atoms with E-state index in [4.69, 9.17) is 0 Å². The average molecular weight is 290 g/mol. The van der Waals surface area contributed by atoms with Crippen molar-refractivity contribution >= 4 is 12.0 Å². The summed E-state index contributed by atoms with van der Waals surface area (Å²) in [5.41, 5.74) is 0.820. The molecule has 0 spiro atoms. The van der Waals surface area contributed by atoms with Gasteiger partial charge < -0.3 is 10.2 Å². The standard InChI is InChI=1S/C17H23FN2O/c18-16-8-5-15(6-9-16)7-10-17(21)19-11-1-2-12-20-13-3-4-14-20/h5-10H,1-4,11-14H2,(H,19,21)/b10-7+. The van der Waals surface area contributed by atoms with E-state index in [0.29, 0.717) is 6.54 Å². The van der Waals surface area contributed by atoms with Gasteiger partial charge in [-0.2, -0.15) is 0 Å². The van der Waals surface area contributed by atoms with Gasteiger partial charge in [0.25, 0.3) is 0 Å². The first-order valence-corrected chi connectivity index (χ1v) is 7.68. The molecule has 21 heavy (non-hydrogen) atoms. The van der Waals surface area contributed by atoms with Gasteiger partial charge in [0.15, 0.2) is 0 Å². The number of hydrogen-bond acceptors (Lipinski definition) is 2. The van der Waals surface area contributed by atoms with Gasteiger partial charge in [-0.15, -0.1) is 0 Å². The molecular weight excluding hydrogens is 267 g/mol. The monoisotopic (exact) mass is 290 g/mol. The molecule has 0 unspecified atom stereocenters. The number of nitrogens with one attached hydrogen (secondary N) is 1. The number of rotatable bonds is 7. The number of halogens is 1. The zero-order valence-electron chi connectivity index (χ0n) is 12.4. The smallest absolute Gasteiger partial charge is 0.243 e. The summed E-state index contributed by atoms with van der Waals surface area (Å²) in [5, 5.41) is 2.87. The van der Waals surface area contributed by atoms with Crippen LogP contribution >= 0.6 is 0 Å². The molecule has 1 N–H and O–H groups in total. The van der Waals surface area contributed by atoms with Crippen LogP contribution in [0.2, 0.25) is 0 Å². The van der Waals surface area contributed by atoms with Crippen LogP contribution in [0.5, 0.6) is 0 Å². The number of carbonyl (C=O) groups excluding carboxylic acids is 1. The Kier molecular flexibility index (Phi) is 6.41. The maximum Gasteiger partial charge on any atom is 0.243 e. The summed E-state index contributed by atoms with van der Waals surface area (Å²) in [4.78, 5) is 14.1. The van der Waals surface area contributed by atoms with Gasteiger partial charge >= 0.3 is 0 Å². The maximum absolute atomic E-state index is 12.7. The molecule has 0 aliphatic carbocycles. The Hall–Kier alpha value is -1.68. The van der Waals surface area contributed by atoms with E-state index < -0.39 is 0 Å². The summed E-state index contributed by atoms with van der Waals surface area (Å²) in [7, 11) is 0. The molecule has 1 heterocycles. The molecule has 1 aromatic rings. The van der Waals surface area contributed by atoms with Gasteiger partial charge in [0.05, 0.1) is 0 Å². The van der Waals surface area contributed by atoms with Crippen molar-refractivity contribution in [2.75, 3.05) is 26.2 Å². The zero-order chi connectivity index (χ0) is 14.9. The molecule has 1 aliphatic heterocycles. The summed E-state index contributed by atoms with van der Waals surface area (Å²) in [5.74, 6) is -0.366. The molecule has 4 heteroatoms. The Balaban J connectivity index is 1.57. The number of unbranched alkanes of at least 4 members (excludes halogenated alkanes) is 1. The van der Waals surface area contributed by atoms with Crippen molar-refractivity contribution in [2.24, 2.45) is 0 Å². The Morgan fingerprint density at radius 1 is 1.19 bits per heavy atom. The van der Waals surface area contributed by atoms with Crippen molar-refractivity contribution < 1.29 is 9.18 Å². The SMILES string of the molecule is O=C(/C=C/c1ccc(F)cc1)NCCCCN1CCCC1. The van der Waals surface area contributed by atoms with Crippen molar-refractivity contribution in [3.63, 3.8) is 0 Å². The van der Waals surface area contributed by atoms with Gasteiger partial charge in [-0.05, 0) is 69.1 Å². The lowest BCUT2D eigenvalue weighted by atomic mass is 10.2. The number of likely N-dealkylation sites (tertiary alicyclic amines) is 1. The lowest BCUT2D eigenvalue weighted by molar-refractivity contribution is -0.116. The van der Waals surface area contributed by atoms with Crippen LogP contribution in [-0.2, 0) is 4.79 Å². The van der Waals surface area contributed by atoms with Crippen molar-refractivity contribution in [1.29, 1.82) is 0 Å². The van der Waals surface area contributed by atoms with E-state index in [-0.39, 0.29) is 11.7 Å². The van der Waals surface area contributed by atoms with Gasteiger partial charge in [0.2, 0.25) is 5.91 Å². The third kappa shape index (κ3) is 6.08. The molecule has 1 amide bonds. The molecule has 0 aromatic heterocycles. The van der Waals surface area contributed by atoms with Crippen LogP contribution in [0.3, 0.4) is 0 Å². The van der Waals surface area contributed by atoms with Crippen molar-refractivity contribution in [3.8, 4) is 0 Å². The fourth-order valence-electron chi connectivity index (χ4n) is 2.48. The Bertz CT molecular complexity index is 464. The molecule has 2 rings (SSSR count). The lowest BCUT2D eigenvalue weighted by Gasteiger charge is -2.13. The largest absolute Gasteiger partial charge is 0.353 e. The molecule has 3 nitrogen and oxygen atoms in total. The summed E-state index contributed by atoms with van der Waals surface area (Å²) in [6, 6.07) is 6.07. The van der Waals surface area contributed by atoms with Crippen LogP contribution in [0.1, 0.15) is 31.2 Å². The van der Waals surface area contributed by atoms with Crippen LogP contribution in [0.25, 0.3) is 6.08 Å². The first-order valence-electron chi connectivity index (χ1n) is 7.68. The minimum atomic E-state index is -0.269.